The molecule has 0 saturated heterocycles. The average molecular weight is 850 g/mol. The van der Waals surface area contributed by atoms with Crippen molar-refractivity contribution in [2.45, 2.75) is 85.5 Å². The van der Waals surface area contributed by atoms with Gasteiger partial charge in [-0.15, -0.1) is 0 Å². The minimum atomic E-state index is -0.135. The molecule has 9 aromatic rings. The van der Waals surface area contributed by atoms with Crippen molar-refractivity contribution in [1.82, 2.24) is 14.5 Å². The van der Waals surface area contributed by atoms with Gasteiger partial charge in [0, 0.05) is 17.3 Å². The van der Waals surface area contributed by atoms with Crippen LogP contribution in [0.15, 0.2) is 170 Å². The monoisotopic (exact) mass is 849 g/mol. The lowest BCUT2D eigenvalue weighted by atomic mass is 9.78. The topological polar surface area (TPSA) is 50.9 Å². The van der Waals surface area contributed by atoms with Crippen LogP contribution in [0, 0.1) is 6.92 Å². The van der Waals surface area contributed by atoms with Crippen LogP contribution in [0.2, 0.25) is 0 Å². The molecule has 0 fully saturated rings. The number of aryl methyl sites for hydroxylation is 1. The van der Waals surface area contributed by atoms with Crippen molar-refractivity contribution in [3.63, 3.8) is 0 Å². The molecule has 0 saturated carbocycles. The van der Waals surface area contributed by atoms with E-state index < -0.39 is 0 Å². The largest absolute Gasteiger partial charge is 0.507 e. The lowest BCUT2D eigenvalue weighted by Gasteiger charge is -2.26. The SMILES string of the molecule is Cc1cc(-c2c(-c3ccccc3)cccc2C(C)(C)C)ccc1-n1c(-c2ccccc2O)nc2c(-c3cc(-c4cc(-c5ccc(C(C)(C)C)cc5)ccn4)cc(C(C)(C)C)c3)cccc21. The molecule has 0 spiro atoms. The van der Waals surface area contributed by atoms with Gasteiger partial charge in [-0.3, -0.25) is 9.55 Å². The first kappa shape index (κ1) is 43.2. The number of phenolic OH excluding ortho intramolecular Hbond substituents is 1. The van der Waals surface area contributed by atoms with E-state index in [2.05, 4.69) is 213 Å². The fourth-order valence-electron chi connectivity index (χ4n) is 9.12. The summed E-state index contributed by atoms with van der Waals surface area (Å²) in [5.41, 5.74) is 19.4. The molecule has 0 aliphatic heterocycles. The molecule has 4 nitrogen and oxygen atoms in total. The molecule has 4 heteroatoms. The summed E-state index contributed by atoms with van der Waals surface area (Å²) in [6.07, 6.45) is 1.92. The summed E-state index contributed by atoms with van der Waals surface area (Å²) in [6.45, 7) is 22.6. The van der Waals surface area contributed by atoms with Crippen LogP contribution in [0.5, 0.6) is 5.75 Å². The molecule has 0 atom stereocenters. The first-order valence-corrected chi connectivity index (χ1v) is 22.8. The molecule has 0 amide bonds. The number of para-hydroxylation sites is 2. The first-order chi connectivity index (χ1) is 31.0. The van der Waals surface area contributed by atoms with Crippen LogP contribution in [0.4, 0.5) is 0 Å². The fourth-order valence-corrected chi connectivity index (χ4v) is 9.12. The number of pyridine rings is 1. The molecular weight excluding hydrogens is 791 g/mol. The van der Waals surface area contributed by atoms with E-state index in [1.165, 1.54) is 38.9 Å². The molecule has 0 bridgehead atoms. The highest BCUT2D eigenvalue weighted by Crippen LogP contribution is 2.44. The Hall–Kier alpha value is -7.04. The van der Waals surface area contributed by atoms with Gasteiger partial charge in [0.15, 0.2) is 0 Å². The predicted molar refractivity (Wildman–Crippen MR) is 274 cm³/mol. The van der Waals surface area contributed by atoms with Gasteiger partial charge in [0.05, 0.1) is 28.0 Å². The van der Waals surface area contributed by atoms with Crippen LogP contribution in [0.25, 0.3) is 83.9 Å². The van der Waals surface area contributed by atoms with Crippen LogP contribution in [0.3, 0.4) is 0 Å². The number of imidazole rings is 1. The molecule has 0 aliphatic carbocycles. The Morgan fingerprint density at radius 3 is 1.80 bits per heavy atom. The van der Waals surface area contributed by atoms with Gasteiger partial charge in [-0.05, 0) is 139 Å². The Balaban J connectivity index is 1.22. The number of hydrogen-bond donors (Lipinski definition) is 1. The normalized spacial score (nSPS) is 12.2. The summed E-state index contributed by atoms with van der Waals surface area (Å²) in [6, 6.07) is 58.2. The van der Waals surface area contributed by atoms with E-state index in [9.17, 15) is 5.11 Å². The lowest BCUT2D eigenvalue weighted by molar-refractivity contribution is 0.477. The minimum Gasteiger partial charge on any atom is -0.507 e. The van der Waals surface area contributed by atoms with Crippen molar-refractivity contribution in [3.8, 4) is 78.6 Å². The number of nitrogens with zero attached hydrogens (tertiary/aromatic N) is 3. The van der Waals surface area contributed by atoms with Gasteiger partial charge < -0.3 is 5.11 Å². The van der Waals surface area contributed by atoms with Gasteiger partial charge in [0.1, 0.15) is 11.6 Å². The molecule has 2 aromatic heterocycles. The van der Waals surface area contributed by atoms with Crippen molar-refractivity contribution < 1.29 is 5.11 Å². The Bertz CT molecular complexity index is 3210. The Morgan fingerprint density at radius 2 is 1.11 bits per heavy atom. The average Bonchev–Trinajstić information content (AvgIpc) is 3.67. The first-order valence-electron chi connectivity index (χ1n) is 22.8. The molecule has 2 heterocycles. The standard InChI is InChI=1S/C61H59N3O/c1-39-34-43(56-48(41-18-12-11-13-19-41)21-16-23-51(56)61(8,9)10)28-31-53(39)64-54-24-17-22-49(57(54)63-58(64)50-20-14-15-25-55(50)65)44-35-45(37-47(36-44)60(5,6)7)52-38-42(32-33-62-52)40-26-29-46(30-27-40)59(2,3)4/h11-38,65H,1-10H3. The Labute approximate surface area is 385 Å². The summed E-state index contributed by atoms with van der Waals surface area (Å²) in [4.78, 5) is 10.4. The second kappa shape index (κ2) is 16.5. The molecule has 0 aliphatic rings. The number of rotatable bonds is 7. The van der Waals surface area contributed by atoms with Gasteiger partial charge in [0.2, 0.25) is 0 Å². The van der Waals surface area contributed by atoms with Crippen LogP contribution in [0.1, 0.15) is 84.6 Å². The summed E-state index contributed by atoms with van der Waals surface area (Å²) >= 11 is 0. The fraction of sp³-hybridized carbons (Fsp3) is 0.213. The van der Waals surface area contributed by atoms with Gasteiger partial charge in [-0.2, -0.15) is 0 Å². The summed E-state index contributed by atoms with van der Waals surface area (Å²) < 4.78 is 2.23. The van der Waals surface area contributed by atoms with Crippen LogP contribution < -0.4 is 0 Å². The molecular formula is C61H59N3O. The molecule has 7 aromatic carbocycles. The van der Waals surface area contributed by atoms with Gasteiger partial charge in [-0.25, -0.2) is 4.98 Å². The van der Waals surface area contributed by atoms with E-state index in [0.29, 0.717) is 11.4 Å². The second-order valence-corrected chi connectivity index (χ2v) is 20.6. The van der Waals surface area contributed by atoms with E-state index in [1.54, 1.807) is 6.07 Å². The quantitative estimate of drug-likeness (QED) is 0.174. The minimum absolute atomic E-state index is 0.0803. The molecule has 324 valence electrons. The van der Waals surface area contributed by atoms with E-state index in [1.807, 2.05) is 24.4 Å². The lowest BCUT2D eigenvalue weighted by Crippen LogP contribution is -2.13. The molecule has 65 heavy (non-hydrogen) atoms. The second-order valence-electron chi connectivity index (χ2n) is 20.6. The maximum Gasteiger partial charge on any atom is 0.149 e. The van der Waals surface area contributed by atoms with Gasteiger partial charge in [0.25, 0.3) is 0 Å². The zero-order chi connectivity index (χ0) is 45.8. The predicted octanol–water partition coefficient (Wildman–Crippen LogP) is 16.3. The van der Waals surface area contributed by atoms with Crippen molar-refractivity contribution in [3.05, 3.63) is 192 Å². The third-order valence-corrected chi connectivity index (χ3v) is 12.8. The number of aromatic hydroxyl groups is 1. The van der Waals surface area contributed by atoms with E-state index in [0.717, 1.165) is 55.8 Å². The van der Waals surface area contributed by atoms with E-state index in [-0.39, 0.29) is 22.0 Å². The smallest absolute Gasteiger partial charge is 0.149 e. The highest BCUT2D eigenvalue weighted by atomic mass is 16.3. The van der Waals surface area contributed by atoms with Crippen molar-refractivity contribution >= 4 is 11.0 Å². The number of benzene rings is 7. The van der Waals surface area contributed by atoms with Crippen molar-refractivity contribution in [2.24, 2.45) is 0 Å². The van der Waals surface area contributed by atoms with Crippen LogP contribution >= 0.6 is 0 Å². The van der Waals surface area contributed by atoms with E-state index >= 15 is 0 Å². The van der Waals surface area contributed by atoms with Gasteiger partial charge >= 0.3 is 0 Å². The zero-order valence-corrected chi connectivity index (χ0v) is 39.5. The summed E-state index contributed by atoms with van der Waals surface area (Å²) in [7, 11) is 0. The Morgan fingerprint density at radius 1 is 0.462 bits per heavy atom. The third kappa shape index (κ3) is 8.42. The highest BCUT2D eigenvalue weighted by Gasteiger charge is 2.25. The maximum atomic E-state index is 11.4. The summed E-state index contributed by atoms with van der Waals surface area (Å²) in [5, 5.41) is 11.4. The summed E-state index contributed by atoms with van der Waals surface area (Å²) in [5.74, 6) is 0.864. The van der Waals surface area contributed by atoms with Crippen molar-refractivity contribution in [1.29, 1.82) is 0 Å². The molecule has 0 radical (unpaired) electrons. The number of phenols is 1. The third-order valence-electron chi connectivity index (χ3n) is 12.8. The maximum absolute atomic E-state index is 11.4. The van der Waals surface area contributed by atoms with Crippen LogP contribution in [-0.2, 0) is 16.2 Å². The molecule has 0 unspecified atom stereocenters. The highest BCUT2D eigenvalue weighted by molar-refractivity contribution is 5.97. The van der Waals surface area contributed by atoms with E-state index in [4.69, 9.17) is 9.97 Å². The van der Waals surface area contributed by atoms with Gasteiger partial charge in [-0.1, -0.05) is 172 Å². The Kier molecular flexibility index (Phi) is 11.0. The van der Waals surface area contributed by atoms with Crippen LogP contribution in [-0.4, -0.2) is 19.6 Å². The molecule has 1 N–H and O–H groups in total. The number of hydrogen-bond acceptors (Lipinski definition) is 3. The number of aromatic nitrogens is 3. The zero-order valence-electron chi connectivity index (χ0n) is 39.5. The number of fused-ring (bicyclic) bond motifs is 1. The molecule has 9 rings (SSSR count). The van der Waals surface area contributed by atoms with Crippen molar-refractivity contribution in [2.75, 3.05) is 0 Å².